The number of hydrogen-bond acceptors (Lipinski definition) is 2. The molecule has 2 radical (unpaired) electrons. The van der Waals surface area contributed by atoms with Gasteiger partial charge in [-0.25, -0.2) is 0 Å². The molecule has 42 heavy (non-hydrogen) atoms. The maximum atomic E-state index is 10.3. The molecule has 0 aliphatic carbocycles. The molecule has 4 nitrogen and oxygen atoms in total. The standard InChI is InChI=1S/2C18H34O2.2K/c2*1-2-3-4-5-6-7-8-9-10-11-12-13-14-15-16-17-18(19)20;;/h2*9-10H,2-8,11-17H2,1H3,(H,19,20);;/b2*10-9-;;. The quantitative estimate of drug-likeness (QED) is 0.0464. The largest absolute Gasteiger partial charge is 0.481 e. The molecule has 2 N–H and O–H groups in total. The number of allylic oxidation sites excluding steroid dienone is 4. The van der Waals surface area contributed by atoms with Crippen molar-refractivity contribution in [3.63, 3.8) is 0 Å². The molecule has 0 bridgehead atoms. The van der Waals surface area contributed by atoms with Crippen molar-refractivity contribution >= 4 is 115 Å². The van der Waals surface area contributed by atoms with Gasteiger partial charge in [-0.3, -0.25) is 9.59 Å². The predicted octanol–water partition coefficient (Wildman–Crippen LogP) is 11.5. The molecular weight excluding hydrogens is 575 g/mol. The van der Waals surface area contributed by atoms with Crippen LogP contribution in [0.3, 0.4) is 0 Å². The Labute approximate surface area is 347 Å². The van der Waals surface area contributed by atoms with Crippen molar-refractivity contribution < 1.29 is 19.8 Å². The summed E-state index contributed by atoms with van der Waals surface area (Å²) in [5.74, 6) is -1.33. The first kappa shape index (κ1) is 50.5. The maximum Gasteiger partial charge on any atom is 0.303 e. The molecule has 0 aliphatic rings. The Hall–Kier alpha value is 1.69. The number of unbranched alkanes of at least 4 members (excludes halogenated alkanes) is 22. The van der Waals surface area contributed by atoms with Gasteiger partial charge < -0.3 is 10.2 Å². The average molecular weight is 643 g/mol. The number of hydrogen-bond donors (Lipinski definition) is 2. The Balaban J connectivity index is -0.000000328. The molecule has 0 amide bonds. The SMILES string of the molecule is CCCCCCCC/C=C\CCCCCCCC(=O)O.CCCCCCCC/C=C\CCCCCCCC(=O)O.[K].[K]. The summed E-state index contributed by atoms with van der Waals surface area (Å²) in [7, 11) is 0. The summed E-state index contributed by atoms with van der Waals surface area (Å²) in [6.45, 7) is 4.52. The van der Waals surface area contributed by atoms with Gasteiger partial charge in [-0.05, 0) is 64.2 Å². The fourth-order valence-corrected chi connectivity index (χ4v) is 4.69. The van der Waals surface area contributed by atoms with E-state index in [1.807, 2.05) is 0 Å². The monoisotopic (exact) mass is 642 g/mol. The fourth-order valence-electron chi connectivity index (χ4n) is 4.69. The molecule has 0 aromatic heterocycles. The third-order valence-electron chi connectivity index (χ3n) is 7.30. The van der Waals surface area contributed by atoms with Gasteiger partial charge in [0.2, 0.25) is 0 Å². The summed E-state index contributed by atoms with van der Waals surface area (Å²) in [4.78, 5) is 20.6. The van der Waals surface area contributed by atoms with Crippen LogP contribution in [0.4, 0.5) is 0 Å². The number of carboxylic acids is 2. The van der Waals surface area contributed by atoms with Crippen LogP contribution in [0.1, 0.15) is 194 Å². The van der Waals surface area contributed by atoms with Gasteiger partial charge >= 0.3 is 11.9 Å². The summed E-state index contributed by atoms with van der Waals surface area (Å²) in [5, 5.41) is 17.0. The first-order chi connectivity index (χ1) is 19.5. The van der Waals surface area contributed by atoms with Crippen molar-refractivity contribution in [3.05, 3.63) is 24.3 Å². The summed E-state index contributed by atoms with van der Waals surface area (Å²) >= 11 is 0. The minimum atomic E-state index is -0.664. The minimum Gasteiger partial charge on any atom is -0.481 e. The van der Waals surface area contributed by atoms with Crippen LogP contribution in [-0.2, 0) is 9.59 Å². The summed E-state index contributed by atoms with van der Waals surface area (Å²) in [6, 6.07) is 0. The van der Waals surface area contributed by atoms with Gasteiger partial charge in [-0.2, -0.15) is 0 Å². The van der Waals surface area contributed by atoms with Crippen molar-refractivity contribution in [1.82, 2.24) is 0 Å². The molecule has 0 aromatic carbocycles. The topological polar surface area (TPSA) is 74.6 Å². The van der Waals surface area contributed by atoms with Gasteiger partial charge in [-0.1, -0.05) is 141 Å². The number of carbonyl (C=O) groups is 2. The second-order valence-electron chi connectivity index (χ2n) is 11.5. The molecule has 6 heteroatoms. The molecule has 0 heterocycles. The van der Waals surface area contributed by atoms with Crippen molar-refractivity contribution in [2.45, 2.75) is 194 Å². The molecule has 0 atom stereocenters. The summed E-state index contributed by atoms with van der Waals surface area (Å²) in [6.07, 6.45) is 42.5. The third-order valence-corrected chi connectivity index (χ3v) is 7.30. The van der Waals surface area contributed by atoms with E-state index in [1.54, 1.807) is 0 Å². The first-order valence-corrected chi connectivity index (χ1v) is 17.3. The van der Waals surface area contributed by atoms with Gasteiger partial charge in [-0.15, -0.1) is 0 Å². The molecule has 0 aliphatic heterocycles. The van der Waals surface area contributed by atoms with Crippen LogP contribution in [0, 0.1) is 0 Å². The van der Waals surface area contributed by atoms with Crippen LogP contribution in [0.15, 0.2) is 24.3 Å². The predicted molar refractivity (Wildman–Crippen MR) is 186 cm³/mol. The van der Waals surface area contributed by atoms with Gasteiger partial charge in [0.15, 0.2) is 0 Å². The van der Waals surface area contributed by atoms with E-state index in [0.717, 1.165) is 25.7 Å². The maximum absolute atomic E-state index is 10.3. The number of rotatable bonds is 30. The number of carboxylic acid groups (broad SMARTS) is 2. The van der Waals surface area contributed by atoms with Crippen LogP contribution in [-0.4, -0.2) is 125 Å². The average Bonchev–Trinajstić information content (AvgIpc) is 2.93. The van der Waals surface area contributed by atoms with Crippen LogP contribution in [0.2, 0.25) is 0 Å². The summed E-state index contributed by atoms with van der Waals surface area (Å²) < 4.78 is 0. The van der Waals surface area contributed by atoms with Crippen LogP contribution < -0.4 is 0 Å². The second-order valence-corrected chi connectivity index (χ2v) is 11.5. The van der Waals surface area contributed by atoms with Crippen molar-refractivity contribution in [1.29, 1.82) is 0 Å². The summed E-state index contributed by atoms with van der Waals surface area (Å²) in [5.41, 5.74) is 0. The van der Waals surface area contributed by atoms with Gasteiger partial charge in [0.05, 0.1) is 0 Å². The van der Waals surface area contributed by atoms with Crippen molar-refractivity contribution in [3.8, 4) is 0 Å². The van der Waals surface area contributed by atoms with E-state index < -0.39 is 11.9 Å². The van der Waals surface area contributed by atoms with Crippen LogP contribution in [0.5, 0.6) is 0 Å². The van der Waals surface area contributed by atoms with E-state index in [9.17, 15) is 9.59 Å². The molecule has 0 saturated carbocycles. The van der Waals surface area contributed by atoms with E-state index in [-0.39, 0.29) is 103 Å². The van der Waals surface area contributed by atoms with Crippen LogP contribution in [0.25, 0.3) is 0 Å². The van der Waals surface area contributed by atoms with Crippen LogP contribution >= 0.6 is 0 Å². The molecule has 0 rings (SSSR count). The molecule has 0 saturated heterocycles. The Morgan fingerprint density at radius 3 is 0.833 bits per heavy atom. The smallest absolute Gasteiger partial charge is 0.303 e. The molecular formula is C36H68K2O4. The zero-order chi connectivity index (χ0) is 29.8. The second kappa shape index (κ2) is 47.1. The molecule has 0 spiro atoms. The Bertz CT molecular complexity index is 529. The fraction of sp³-hybridized carbons (Fsp3) is 0.833. The van der Waals surface area contributed by atoms with Crippen molar-refractivity contribution in [2.24, 2.45) is 0 Å². The number of aliphatic carboxylic acids is 2. The van der Waals surface area contributed by atoms with Crippen molar-refractivity contribution in [2.75, 3.05) is 0 Å². The van der Waals surface area contributed by atoms with Gasteiger partial charge in [0.1, 0.15) is 0 Å². The van der Waals surface area contributed by atoms with E-state index >= 15 is 0 Å². The Morgan fingerprint density at radius 2 is 0.595 bits per heavy atom. The molecule has 238 valence electrons. The molecule has 0 aromatic rings. The van der Waals surface area contributed by atoms with E-state index in [0.29, 0.717) is 12.8 Å². The minimum absolute atomic E-state index is 0. The Kier molecular flexibility index (Phi) is 56.7. The normalized spacial score (nSPS) is 10.7. The van der Waals surface area contributed by atoms with E-state index in [2.05, 4.69) is 38.2 Å². The zero-order valence-corrected chi connectivity index (χ0v) is 35.1. The Morgan fingerprint density at radius 1 is 0.381 bits per heavy atom. The zero-order valence-electron chi connectivity index (χ0n) is 28.8. The molecule has 0 unspecified atom stereocenters. The van der Waals surface area contributed by atoms with Gasteiger partial charge in [0.25, 0.3) is 0 Å². The van der Waals surface area contributed by atoms with Gasteiger partial charge in [0, 0.05) is 116 Å². The van der Waals surface area contributed by atoms with E-state index in [4.69, 9.17) is 10.2 Å². The van der Waals surface area contributed by atoms with E-state index in [1.165, 1.54) is 141 Å². The third kappa shape index (κ3) is 54.2. The first-order valence-electron chi connectivity index (χ1n) is 17.3. The molecule has 0 fully saturated rings.